The summed E-state index contributed by atoms with van der Waals surface area (Å²) < 4.78 is 60.5. The number of benzene rings is 4. The van der Waals surface area contributed by atoms with Crippen molar-refractivity contribution in [3.8, 4) is 5.88 Å². The zero-order valence-corrected chi connectivity index (χ0v) is 30.8. The monoisotopic (exact) mass is 766 g/mol. The van der Waals surface area contributed by atoms with Gasteiger partial charge < -0.3 is 20.1 Å². The van der Waals surface area contributed by atoms with E-state index in [1.807, 2.05) is 97.1 Å². The van der Waals surface area contributed by atoms with E-state index in [0.717, 1.165) is 34.4 Å². The summed E-state index contributed by atoms with van der Waals surface area (Å²) in [6.07, 6.45) is 0.516. The van der Waals surface area contributed by atoms with Crippen molar-refractivity contribution in [3.63, 3.8) is 0 Å². The maximum atomic E-state index is 16.1. The van der Waals surface area contributed by atoms with Crippen LogP contribution in [0.15, 0.2) is 113 Å². The van der Waals surface area contributed by atoms with Gasteiger partial charge in [-0.25, -0.2) is 32.0 Å². The molecule has 3 N–H and O–H groups in total. The number of halogens is 2. The van der Waals surface area contributed by atoms with Crippen LogP contribution >= 0.6 is 0 Å². The molecular formula is C41H40F2N6O5S. The lowest BCUT2D eigenvalue weighted by molar-refractivity contribution is 0.0874. The van der Waals surface area contributed by atoms with E-state index in [1.54, 1.807) is 0 Å². The lowest BCUT2D eigenvalue weighted by atomic mass is 9.78. The van der Waals surface area contributed by atoms with Crippen LogP contribution in [0.2, 0.25) is 0 Å². The summed E-state index contributed by atoms with van der Waals surface area (Å²) in [5.74, 6) is -0.980. The molecule has 1 aromatic heterocycles. The highest BCUT2D eigenvalue weighted by Crippen LogP contribution is 2.47. The number of anilines is 1. The van der Waals surface area contributed by atoms with Crippen molar-refractivity contribution in [2.24, 2.45) is 4.36 Å². The number of hydrogen-bond donors (Lipinski definition) is 3. The van der Waals surface area contributed by atoms with Crippen molar-refractivity contribution >= 4 is 27.7 Å². The van der Waals surface area contributed by atoms with Crippen LogP contribution < -0.4 is 14.8 Å². The Morgan fingerprint density at radius 1 is 0.964 bits per heavy atom. The lowest BCUT2D eigenvalue weighted by Crippen LogP contribution is -2.45. The highest BCUT2D eigenvalue weighted by Gasteiger charge is 2.42. The molecule has 1 unspecified atom stereocenters. The van der Waals surface area contributed by atoms with Crippen LogP contribution in [0.1, 0.15) is 57.7 Å². The molecule has 3 atom stereocenters. The maximum absolute atomic E-state index is 16.1. The van der Waals surface area contributed by atoms with Gasteiger partial charge in [-0.05, 0) is 71.0 Å². The molecule has 0 saturated carbocycles. The second kappa shape index (κ2) is 14.5. The molecule has 2 aliphatic carbocycles. The Balaban J connectivity index is 1.33. The van der Waals surface area contributed by atoms with Gasteiger partial charge in [-0.2, -0.15) is 9.46 Å². The van der Waals surface area contributed by atoms with Gasteiger partial charge in [0.2, 0.25) is 12.3 Å². The van der Waals surface area contributed by atoms with Crippen molar-refractivity contribution in [3.05, 3.63) is 142 Å². The number of carbonyl (C=O) groups excluding carboxylic acids is 1. The minimum absolute atomic E-state index is 0.0276. The van der Waals surface area contributed by atoms with E-state index in [9.17, 15) is 23.5 Å². The maximum Gasteiger partial charge on any atom is 0.407 e. The smallest absolute Gasteiger partial charge is 0.407 e. The minimum Gasteiger partial charge on any atom is -0.475 e. The van der Waals surface area contributed by atoms with Gasteiger partial charge in [0, 0.05) is 18.7 Å². The quantitative estimate of drug-likeness (QED) is 0.132. The highest BCUT2D eigenvalue weighted by molar-refractivity contribution is 7.92. The number of nitrogens with one attached hydrogen (secondary N) is 2. The molecule has 55 heavy (non-hydrogen) atoms. The van der Waals surface area contributed by atoms with Gasteiger partial charge in [0.15, 0.2) is 9.92 Å². The summed E-state index contributed by atoms with van der Waals surface area (Å²) >= 11 is 0. The number of urea groups is 1. The molecule has 0 saturated heterocycles. The average molecular weight is 767 g/mol. The number of aromatic nitrogens is 2. The summed E-state index contributed by atoms with van der Waals surface area (Å²) in [6, 6.07) is 28.5. The van der Waals surface area contributed by atoms with Crippen molar-refractivity contribution in [1.29, 1.82) is 0 Å². The van der Waals surface area contributed by atoms with Gasteiger partial charge in [-0.1, -0.05) is 97.1 Å². The number of nitrogens with zero attached hydrogens (tertiary/aromatic N) is 4. The Hall–Kier alpha value is -5.76. The number of likely N-dealkylation sites (N-methyl/N-ethyl adjacent to an activating group) is 1. The van der Waals surface area contributed by atoms with Crippen molar-refractivity contribution in [2.75, 3.05) is 19.0 Å². The van der Waals surface area contributed by atoms with E-state index < -0.39 is 46.0 Å². The Kier molecular flexibility index (Phi) is 9.53. The van der Waals surface area contributed by atoms with E-state index in [0.29, 0.717) is 40.8 Å². The average Bonchev–Trinajstić information content (AvgIpc) is 3.96. The van der Waals surface area contributed by atoms with Crippen LogP contribution in [0.3, 0.4) is 0 Å². The normalized spacial score (nSPS) is 18.3. The summed E-state index contributed by atoms with van der Waals surface area (Å²) in [5, 5.41) is 17.0. The number of ether oxygens (including phenoxy) is 1. The Morgan fingerprint density at radius 2 is 1.58 bits per heavy atom. The number of alkyl halides is 2. The van der Waals surface area contributed by atoms with Gasteiger partial charge in [0.1, 0.15) is 17.0 Å². The molecule has 0 bridgehead atoms. The van der Waals surface area contributed by atoms with Crippen molar-refractivity contribution in [1.82, 2.24) is 19.4 Å². The largest absolute Gasteiger partial charge is 0.475 e. The summed E-state index contributed by atoms with van der Waals surface area (Å²) in [7, 11) is -2.69. The van der Waals surface area contributed by atoms with E-state index >= 15 is 4.21 Å². The fourth-order valence-electron chi connectivity index (χ4n) is 8.22. The van der Waals surface area contributed by atoms with Crippen LogP contribution in [0.4, 0.5) is 24.1 Å². The van der Waals surface area contributed by atoms with E-state index in [2.05, 4.69) is 15.1 Å². The SMILES string of the molecule is CN(C(=O)O)[C@@H]1COc2c(S(=O)(=NC(c3ccccc3)(c3ccccc3)c3ccccc3)NC(=O)Nc3c4c(cc5c3[C@H](C(F)F)CC5)CCC4)cnn2C1. The Labute approximate surface area is 317 Å². The van der Waals surface area contributed by atoms with E-state index in [1.165, 1.54) is 17.9 Å². The van der Waals surface area contributed by atoms with Crippen molar-refractivity contribution < 1.29 is 32.4 Å². The van der Waals surface area contributed by atoms with Gasteiger partial charge in [-0.15, -0.1) is 0 Å². The fourth-order valence-corrected chi connectivity index (χ4v) is 10.1. The number of carbonyl (C=O) groups is 2. The highest BCUT2D eigenvalue weighted by atomic mass is 32.2. The summed E-state index contributed by atoms with van der Waals surface area (Å²) in [5.41, 5.74) is 3.91. The molecule has 2 heterocycles. The van der Waals surface area contributed by atoms with E-state index in [-0.39, 0.29) is 30.3 Å². The minimum atomic E-state index is -4.12. The number of amides is 3. The van der Waals surface area contributed by atoms with Gasteiger partial charge in [-0.3, -0.25) is 0 Å². The van der Waals surface area contributed by atoms with Crippen LogP contribution in [0.25, 0.3) is 0 Å². The predicted molar refractivity (Wildman–Crippen MR) is 203 cm³/mol. The molecule has 5 aromatic rings. The second-order valence-electron chi connectivity index (χ2n) is 14.1. The third-order valence-electron chi connectivity index (χ3n) is 10.9. The lowest BCUT2D eigenvalue weighted by Gasteiger charge is -2.33. The number of rotatable bonds is 9. The van der Waals surface area contributed by atoms with Gasteiger partial charge in [0.05, 0.1) is 18.8 Å². The zero-order chi connectivity index (χ0) is 38.3. The molecule has 1 aliphatic heterocycles. The Morgan fingerprint density at radius 3 is 2.16 bits per heavy atom. The molecule has 0 fully saturated rings. The van der Waals surface area contributed by atoms with Crippen molar-refractivity contribution in [2.45, 2.75) is 67.5 Å². The van der Waals surface area contributed by atoms with Crippen LogP contribution in [-0.2, 0) is 41.3 Å². The topological polar surface area (TPSA) is 138 Å². The van der Waals surface area contributed by atoms with Crippen LogP contribution in [-0.4, -0.2) is 62.2 Å². The van der Waals surface area contributed by atoms with Gasteiger partial charge in [0.25, 0.3) is 0 Å². The first-order valence-electron chi connectivity index (χ1n) is 18.2. The molecule has 14 heteroatoms. The molecular weight excluding hydrogens is 727 g/mol. The van der Waals surface area contributed by atoms with Gasteiger partial charge >= 0.3 is 12.1 Å². The molecule has 4 aromatic carbocycles. The molecule has 0 spiro atoms. The Bertz CT molecular complexity index is 2270. The first kappa shape index (κ1) is 36.2. The number of fused-ring (bicyclic) bond motifs is 3. The predicted octanol–water partition coefficient (Wildman–Crippen LogP) is 7.59. The first-order valence-corrected chi connectivity index (χ1v) is 19.7. The molecule has 11 nitrogen and oxygen atoms in total. The number of aryl methyl sites for hydroxylation is 2. The third-order valence-corrected chi connectivity index (χ3v) is 12.8. The summed E-state index contributed by atoms with van der Waals surface area (Å²) in [6.45, 7) is 0.0278. The van der Waals surface area contributed by atoms with E-state index in [4.69, 9.17) is 9.10 Å². The summed E-state index contributed by atoms with van der Waals surface area (Å²) in [4.78, 5) is 27.4. The van der Waals surface area contributed by atoms with Crippen LogP contribution in [0.5, 0.6) is 5.88 Å². The zero-order valence-electron chi connectivity index (χ0n) is 30.0. The molecule has 0 radical (unpaired) electrons. The fraction of sp³-hybridized carbons (Fsp3) is 0.293. The number of hydrogen-bond acceptors (Lipinski definition) is 6. The molecule has 3 aliphatic rings. The molecule has 284 valence electrons. The van der Waals surface area contributed by atoms with Crippen LogP contribution in [0, 0.1) is 0 Å². The molecule has 3 amide bonds. The first-order chi connectivity index (χ1) is 26.6. The number of carboxylic acid groups (broad SMARTS) is 1. The second-order valence-corrected chi connectivity index (χ2v) is 16.0. The standard InChI is InChI=1S/C41H40F2N6O5S/c1-48(40(51)52)31-24-49-38(54-25-31)34(23-44-49)55(53,46-39(50)45-36-32-19-11-12-26(32)22-27-20-21-33(35(27)36)37(42)43)47-41(28-13-5-2-6-14-28,29-15-7-3-8-16-29)30-17-9-4-10-18-30/h2-10,13-18,22-23,31,33,37H,11-12,19-21,24-25H2,1H3,(H,51,52)(H2,45,46,47,50,53)/t31-,33+,55?/m0/s1. The third kappa shape index (κ3) is 6.47. The molecule has 8 rings (SSSR count).